The maximum atomic E-state index is 13.6. The molecule has 0 fully saturated rings. The quantitative estimate of drug-likeness (QED) is 0.226. The molecule has 10 heteroatoms. The van der Waals surface area contributed by atoms with Crippen LogP contribution < -0.4 is 20.5 Å². The number of amides is 1. The highest BCUT2D eigenvalue weighted by atomic mass is 32.1. The summed E-state index contributed by atoms with van der Waals surface area (Å²) in [5.41, 5.74) is 2.64. The fourth-order valence-corrected chi connectivity index (χ4v) is 3.96. The predicted octanol–water partition coefficient (Wildman–Crippen LogP) is 3.84. The number of hydrazone groups is 1. The highest BCUT2D eigenvalue weighted by molar-refractivity contribution is 7.71. The number of carbonyl (C=O) groups excluding carboxylic acids is 1. The SMILES string of the molecule is COc1ccccc1-n1c(O)c(C=NNC(=O)c2ccccc2)c(=O)n(-c2ccccc2OC)c1=S. The Balaban J connectivity index is 1.93. The average molecular weight is 503 g/mol. The molecule has 3 aromatic carbocycles. The van der Waals surface area contributed by atoms with Gasteiger partial charge in [0.25, 0.3) is 11.5 Å². The van der Waals surface area contributed by atoms with Gasteiger partial charge in [-0.2, -0.15) is 5.10 Å². The van der Waals surface area contributed by atoms with E-state index < -0.39 is 17.3 Å². The van der Waals surface area contributed by atoms with Crippen molar-refractivity contribution in [2.45, 2.75) is 0 Å². The fraction of sp³-hybridized carbons (Fsp3) is 0.0769. The van der Waals surface area contributed by atoms with Crippen LogP contribution in [-0.2, 0) is 0 Å². The second-order valence-corrected chi connectivity index (χ2v) is 7.77. The molecule has 0 aliphatic heterocycles. The van der Waals surface area contributed by atoms with Crippen LogP contribution in [0.4, 0.5) is 0 Å². The Labute approximate surface area is 211 Å². The van der Waals surface area contributed by atoms with E-state index in [0.29, 0.717) is 28.4 Å². The summed E-state index contributed by atoms with van der Waals surface area (Å²) in [5.74, 6) is -0.148. The van der Waals surface area contributed by atoms with Gasteiger partial charge < -0.3 is 14.6 Å². The summed E-state index contributed by atoms with van der Waals surface area (Å²) in [5, 5.41) is 15.1. The molecular formula is C26H22N4O5S. The van der Waals surface area contributed by atoms with Crippen LogP contribution in [0.2, 0.25) is 0 Å². The smallest absolute Gasteiger partial charge is 0.271 e. The van der Waals surface area contributed by atoms with Gasteiger partial charge in [-0.1, -0.05) is 42.5 Å². The lowest BCUT2D eigenvalue weighted by Crippen LogP contribution is -2.28. The van der Waals surface area contributed by atoms with Crippen LogP contribution in [0.3, 0.4) is 0 Å². The maximum absolute atomic E-state index is 13.6. The van der Waals surface area contributed by atoms with Gasteiger partial charge in [0.15, 0.2) is 4.77 Å². The minimum atomic E-state index is -0.661. The number of para-hydroxylation sites is 4. The summed E-state index contributed by atoms with van der Waals surface area (Å²) in [6.45, 7) is 0. The van der Waals surface area contributed by atoms with E-state index in [0.717, 1.165) is 6.21 Å². The lowest BCUT2D eigenvalue weighted by molar-refractivity contribution is 0.0955. The molecule has 0 radical (unpaired) electrons. The summed E-state index contributed by atoms with van der Waals surface area (Å²) in [6.07, 6.45) is 1.07. The molecule has 182 valence electrons. The number of methoxy groups -OCH3 is 2. The first kappa shape index (κ1) is 24.4. The van der Waals surface area contributed by atoms with Gasteiger partial charge >= 0.3 is 0 Å². The fourth-order valence-electron chi connectivity index (χ4n) is 3.60. The molecule has 9 nitrogen and oxygen atoms in total. The Kier molecular flexibility index (Phi) is 7.26. The van der Waals surface area contributed by atoms with Crippen molar-refractivity contribution in [1.29, 1.82) is 0 Å². The van der Waals surface area contributed by atoms with E-state index >= 15 is 0 Å². The van der Waals surface area contributed by atoms with Crippen molar-refractivity contribution in [2.75, 3.05) is 14.2 Å². The summed E-state index contributed by atoms with van der Waals surface area (Å²) in [6, 6.07) is 22.2. The number of hydrogen-bond donors (Lipinski definition) is 2. The summed E-state index contributed by atoms with van der Waals surface area (Å²) < 4.78 is 13.4. The number of nitrogens with one attached hydrogen (secondary N) is 1. The van der Waals surface area contributed by atoms with Crippen LogP contribution >= 0.6 is 12.2 Å². The van der Waals surface area contributed by atoms with E-state index in [1.165, 1.54) is 23.4 Å². The molecule has 0 saturated heterocycles. The van der Waals surface area contributed by atoms with Crippen molar-refractivity contribution < 1.29 is 19.4 Å². The van der Waals surface area contributed by atoms with Crippen molar-refractivity contribution in [3.8, 4) is 28.8 Å². The Morgan fingerprint density at radius 1 is 0.889 bits per heavy atom. The lowest BCUT2D eigenvalue weighted by atomic mass is 10.2. The normalized spacial score (nSPS) is 10.8. The van der Waals surface area contributed by atoms with Gasteiger partial charge in [-0.15, -0.1) is 0 Å². The number of rotatable bonds is 7. The second kappa shape index (κ2) is 10.7. The Morgan fingerprint density at radius 3 is 2.00 bits per heavy atom. The van der Waals surface area contributed by atoms with E-state index in [1.807, 2.05) is 0 Å². The minimum absolute atomic E-state index is 0.0306. The molecule has 36 heavy (non-hydrogen) atoms. The van der Waals surface area contributed by atoms with Crippen LogP contribution in [0.25, 0.3) is 11.4 Å². The zero-order valence-electron chi connectivity index (χ0n) is 19.4. The van der Waals surface area contributed by atoms with Gasteiger partial charge in [-0.3, -0.25) is 14.2 Å². The van der Waals surface area contributed by atoms with Crippen molar-refractivity contribution in [3.05, 3.63) is 105 Å². The van der Waals surface area contributed by atoms with Crippen molar-refractivity contribution in [2.24, 2.45) is 5.10 Å². The first-order chi connectivity index (χ1) is 17.5. The van der Waals surface area contributed by atoms with E-state index in [2.05, 4.69) is 10.5 Å². The number of aromatic hydroxyl groups is 1. The van der Waals surface area contributed by atoms with Crippen LogP contribution in [0.1, 0.15) is 15.9 Å². The van der Waals surface area contributed by atoms with Crippen LogP contribution in [-0.4, -0.2) is 40.6 Å². The molecule has 0 saturated carbocycles. The van der Waals surface area contributed by atoms with Gasteiger partial charge in [-0.05, 0) is 48.6 Å². The zero-order chi connectivity index (χ0) is 25.7. The Bertz CT molecular complexity index is 1560. The molecule has 0 aliphatic carbocycles. The molecule has 0 spiro atoms. The molecule has 1 heterocycles. The molecule has 4 aromatic rings. The zero-order valence-corrected chi connectivity index (χ0v) is 20.2. The van der Waals surface area contributed by atoms with Crippen LogP contribution in [0, 0.1) is 4.77 Å². The molecule has 1 amide bonds. The number of benzene rings is 3. The third-order valence-electron chi connectivity index (χ3n) is 5.32. The first-order valence-electron chi connectivity index (χ1n) is 10.7. The maximum Gasteiger partial charge on any atom is 0.271 e. The topological polar surface area (TPSA) is 107 Å². The van der Waals surface area contributed by atoms with Gasteiger partial charge in [0, 0.05) is 5.56 Å². The Morgan fingerprint density at radius 2 is 1.42 bits per heavy atom. The second-order valence-electron chi connectivity index (χ2n) is 7.40. The third kappa shape index (κ3) is 4.62. The summed E-state index contributed by atoms with van der Waals surface area (Å²) in [4.78, 5) is 26.0. The monoisotopic (exact) mass is 502 g/mol. The van der Waals surface area contributed by atoms with E-state index in [1.54, 1.807) is 78.9 Å². The molecule has 0 atom stereocenters. The number of ether oxygens (including phenoxy) is 2. The van der Waals surface area contributed by atoms with E-state index in [4.69, 9.17) is 21.7 Å². The highest BCUT2D eigenvalue weighted by Gasteiger charge is 2.21. The van der Waals surface area contributed by atoms with E-state index in [9.17, 15) is 14.7 Å². The lowest BCUT2D eigenvalue weighted by Gasteiger charge is -2.19. The number of carbonyl (C=O) groups is 1. The first-order valence-corrected chi connectivity index (χ1v) is 11.1. The highest BCUT2D eigenvalue weighted by Crippen LogP contribution is 2.29. The van der Waals surface area contributed by atoms with Gasteiger partial charge in [0.1, 0.15) is 17.1 Å². The summed E-state index contributed by atoms with van der Waals surface area (Å²) >= 11 is 5.66. The largest absolute Gasteiger partial charge is 0.495 e. The molecule has 2 N–H and O–H groups in total. The third-order valence-corrected chi connectivity index (χ3v) is 5.68. The van der Waals surface area contributed by atoms with E-state index in [-0.39, 0.29) is 10.3 Å². The standard InChI is InChI=1S/C26H22N4O5S/c1-34-21-14-8-6-12-19(21)29-24(32)18(16-27-28-23(31)17-10-4-3-5-11-17)25(33)30(26(29)36)20-13-7-9-15-22(20)35-2/h3-16,32H,1-2H3,(H,28,31). The summed E-state index contributed by atoms with van der Waals surface area (Å²) in [7, 11) is 2.96. The molecule has 0 bridgehead atoms. The molecule has 0 aliphatic rings. The van der Waals surface area contributed by atoms with Crippen LogP contribution in [0.5, 0.6) is 17.4 Å². The molecule has 4 rings (SSSR count). The van der Waals surface area contributed by atoms with Gasteiger partial charge in [-0.25, -0.2) is 9.99 Å². The number of nitrogens with zero attached hydrogens (tertiary/aromatic N) is 3. The van der Waals surface area contributed by atoms with Crippen LogP contribution in [0.15, 0.2) is 88.8 Å². The molecule has 1 aromatic heterocycles. The molecular weight excluding hydrogens is 480 g/mol. The van der Waals surface area contributed by atoms with Crippen molar-refractivity contribution >= 4 is 24.3 Å². The predicted molar refractivity (Wildman–Crippen MR) is 138 cm³/mol. The van der Waals surface area contributed by atoms with Crippen molar-refractivity contribution in [1.82, 2.24) is 14.6 Å². The number of hydrogen-bond acceptors (Lipinski definition) is 7. The van der Waals surface area contributed by atoms with Gasteiger partial charge in [0.05, 0.1) is 31.8 Å². The van der Waals surface area contributed by atoms with Gasteiger partial charge in [0.2, 0.25) is 5.88 Å². The Hall–Kier alpha value is -4.70. The average Bonchev–Trinajstić information content (AvgIpc) is 2.91. The van der Waals surface area contributed by atoms with Crippen molar-refractivity contribution in [3.63, 3.8) is 0 Å². The minimum Gasteiger partial charge on any atom is -0.495 e. The molecule has 0 unspecified atom stereocenters. The number of aromatic nitrogens is 2.